The molecule has 7 heteroatoms. The van der Waals surface area contributed by atoms with Crippen LogP contribution < -0.4 is 5.43 Å². The summed E-state index contributed by atoms with van der Waals surface area (Å²) in [5.41, 5.74) is 8.28. The van der Waals surface area contributed by atoms with Gasteiger partial charge >= 0.3 is 5.97 Å². The molecular weight excluding hydrogens is 410 g/mol. The molecule has 0 unspecified atom stereocenters. The smallest absolute Gasteiger partial charge is 0.339 e. The fraction of sp³-hybridized carbons (Fsp3) is 0.292. The summed E-state index contributed by atoms with van der Waals surface area (Å²) in [5.74, 6) is -1.15. The molecule has 31 heavy (non-hydrogen) atoms. The Balaban J connectivity index is 1.62. The molecule has 0 bridgehead atoms. The van der Waals surface area contributed by atoms with E-state index < -0.39 is 5.97 Å². The Morgan fingerprint density at radius 2 is 1.84 bits per heavy atom. The summed E-state index contributed by atoms with van der Waals surface area (Å²) >= 11 is 1.58. The van der Waals surface area contributed by atoms with Gasteiger partial charge in [0.25, 0.3) is 5.91 Å². The Morgan fingerprint density at radius 3 is 2.55 bits per heavy atom. The van der Waals surface area contributed by atoms with Crippen LogP contribution in [0.4, 0.5) is 0 Å². The molecule has 3 aromatic rings. The van der Waals surface area contributed by atoms with Crippen molar-refractivity contribution in [3.05, 3.63) is 74.4 Å². The van der Waals surface area contributed by atoms with Gasteiger partial charge in [-0.3, -0.25) is 4.79 Å². The SMILES string of the molecule is Cc1ccc(C(=O)N/N=C\c2cc(C)n(-c3sc4c(c3C(=O)O)CCCC4)c2C)cc1. The van der Waals surface area contributed by atoms with E-state index in [2.05, 4.69) is 10.5 Å². The van der Waals surface area contributed by atoms with Gasteiger partial charge in [-0.25, -0.2) is 10.2 Å². The van der Waals surface area contributed by atoms with Gasteiger partial charge in [-0.05, 0) is 70.2 Å². The predicted octanol–water partition coefficient (Wildman–Crippen LogP) is 4.80. The van der Waals surface area contributed by atoms with Crippen LogP contribution in [0.3, 0.4) is 0 Å². The van der Waals surface area contributed by atoms with E-state index >= 15 is 0 Å². The van der Waals surface area contributed by atoms with Crippen LogP contribution in [0.25, 0.3) is 5.00 Å². The lowest BCUT2D eigenvalue weighted by atomic mass is 9.95. The van der Waals surface area contributed by atoms with Gasteiger partial charge in [0.05, 0.1) is 11.8 Å². The molecule has 4 rings (SSSR count). The molecule has 0 fully saturated rings. The van der Waals surface area contributed by atoms with Crippen molar-refractivity contribution in [3.8, 4) is 5.00 Å². The maximum atomic E-state index is 12.3. The first-order valence-corrected chi connectivity index (χ1v) is 11.2. The van der Waals surface area contributed by atoms with Crippen LogP contribution in [0.1, 0.15) is 66.5 Å². The van der Waals surface area contributed by atoms with Gasteiger partial charge in [-0.2, -0.15) is 5.10 Å². The molecule has 1 amide bonds. The fourth-order valence-electron chi connectivity index (χ4n) is 4.09. The number of carboxylic acids is 1. The lowest BCUT2D eigenvalue weighted by molar-refractivity contribution is 0.0695. The molecule has 0 spiro atoms. The fourth-order valence-corrected chi connectivity index (χ4v) is 5.58. The minimum atomic E-state index is -0.873. The summed E-state index contributed by atoms with van der Waals surface area (Å²) in [7, 11) is 0. The normalized spacial score (nSPS) is 13.4. The van der Waals surface area contributed by atoms with E-state index in [1.165, 1.54) is 4.88 Å². The minimum absolute atomic E-state index is 0.274. The third-order valence-electron chi connectivity index (χ3n) is 5.72. The molecule has 1 aliphatic rings. The molecule has 0 radical (unpaired) electrons. The van der Waals surface area contributed by atoms with Crippen LogP contribution in [0.15, 0.2) is 35.4 Å². The topological polar surface area (TPSA) is 83.7 Å². The Morgan fingerprint density at radius 1 is 1.13 bits per heavy atom. The number of hydrazone groups is 1. The Labute approximate surface area is 185 Å². The van der Waals surface area contributed by atoms with Crippen LogP contribution in [-0.4, -0.2) is 27.8 Å². The number of carboxylic acid groups (broad SMARTS) is 1. The minimum Gasteiger partial charge on any atom is -0.478 e. The first-order valence-electron chi connectivity index (χ1n) is 10.3. The number of hydrogen-bond donors (Lipinski definition) is 2. The Kier molecular flexibility index (Phi) is 5.78. The summed E-state index contributed by atoms with van der Waals surface area (Å²) in [6, 6.07) is 9.25. The maximum Gasteiger partial charge on any atom is 0.339 e. The highest BCUT2D eigenvalue weighted by molar-refractivity contribution is 7.15. The van der Waals surface area contributed by atoms with Crippen LogP contribution in [-0.2, 0) is 12.8 Å². The van der Waals surface area contributed by atoms with Gasteiger partial charge in [-0.15, -0.1) is 11.3 Å². The number of thiophene rings is 1. The largest absolute Gasteiger partial charge is 0.478 e. The number of hydrogen-bond acceptors (Lipinski definition) is 4. The van der Waals surface area contributed by atoms with Crippen LogP contribution >= 0.6 is 11.3 Å². The van der Waals surface area contributed by atoms with E-state index in [0.29, 0.717) is 11.1 Å². The number of rotatable bonds is 5. The quantitative estimate of drug-likeness (QED) is 0.446. The molecule has 2 aromatic heterocycles. The molecular formula is C24H25N3O3S. The van der Waals surface area contributed by atoms with Gasteiger partial charge in [0.15, 0.2) is 0 Å². The lowest BCUT2D eigenvalue weighted by Gasteiger charge is -2.11. The number of amides is 1. The second-order valence-corrected chi connectivity index (χ2v) is 9.01. The van der Waals surface area contributed by atoms with E-state index in [4.69, 9.17) is 0 Å². The number of aryl methyl sites for hydroxylation is 3. The highest BCUT2D eigenvalue weighted by Crippen LogP contribution is 2.38. The molecule has 0 saturated carbocycles. The number of nitrogens with one attached hydrogen (secondary N) is 1. The molecule has 1 aliphatic carbocycles. The second kappa shape index (κ2) is 8.51. The third-order valence-corrected chi connectivity index (χ3v) is 7.00. The number of aromatic carboxylic acids is 1. The molecule has 0 atom stereocenters. The summed E-state index contributed by atoms with van der Waals surface area (Å²) in [6.07, 6.45) is 5.52. The monoisotopic (exact) mass is 435 g/mol. The van der Waals surface area contributed by atoms with Crippen molar-refractivity contribution >= 4 is 29.4 Å². The van der Waals surface area contributed by atoms with Crippen LogP contribution in [0.2, 0.25) is 0 Å². The third kappa shape index (κ3) is 4.05. The van der Waals surface area contributed by atoms with Crippen molar-refractivity contribution in [2.45, 2.75) is 46.5 Å². The van der Waals surface area contributed by atoms with E-state index in [9.17, 15) is 14.7 Å². The molecule has 0 saturated heterocycles. The molecule has 0 aliphatic heterocycles. The summed E-state index contributed by atoms with van der Waals surface area (Å²) in [4.78, 5) is 25.5. The number of nitrogens with zero attached hydrogens (tertiary/aromatic N) is 2. The summed E-state index contributed by atoms with van der Waals surface area (Å²) in [6.45, 7) is 5.87. The van der Waals surface area contributed by atoms with Crippen LogP contribution in [0, 0.1) is 20.8 Å². The summed E-state index contributed by atoms with van der Waals surface area (Å²) < 4.78 is 2.00. The number of carbonyl (C=O) groups is 2. The highest BCUT2D eigenvalue weighted by atomic mass is 32.1. The number of aromatic nitrogens is 1. The van der Waals surface area contributed by atoms with Crippen molar-refractivity contribution in [1.29, 1.82) is 0 Å². The van der Waals surface area contributed by atoms with Gasteiger partial charge in [-0.1, -0.05) is 17.7 Å². The average Bonchev–Trinajstić information content (AvgIpc) is 3.25. The first-order chi connectivity index (χ1) is 14.9. The second-order valence-electron chi connectivity index (χ2n) is 7.92. The predicted molar refractivity (Wildman–Crippen MR) is 123 cm³/mol. The van der Waals surface area contributed by atoms with E-state index in [1.54, 1.807) is 29.7 Å². The highest BCUT2D eigenvalue weighted by Gasteiger charge is 2.27. The zero-order valence-electron chi connectivity index (χ0n) is 17.9. The summed E-state index contributed by atoms with van der Waals surface area (Å²) in [5, 5.41) is 14.8. The average molecular weight is 436 g/mol. The van der Waals surface area contributed by atoms with Crippen molar-refractivity contribution in [3.63, 3.8) is 0 Å². The van der Waals surface area contributed by atoms with Gasteiger partial charge < -0.3 is 9.67 Å². The molecule has 6 nitrogen and oxygen atoms in total. The molecule has 160 valence electrons. The van der Waals surface area contributed by atoms with E-state index in [1.807, 2.05) is 43.5 Å². The van der Waals surface area contributed by atoms with Crippen molar-refractivity contribution in [2.75, 3.05) is 0 Å². The number of benzene rings is 1. The van der Waals surface area contributed by atoms with Gasteiger partial charge in [0.1, 0.15) is 5.00 Å². The Hall–Kier alpha value is -3.19. The van der Waals surface area contributed by atoms with Crippen LogP contribution in [0.5, 0.6) is 0 Å². The first kappa shape index (κ1) is 21.1. The molecule has 1 aromatic carbocycles. The van der Waals surface area contributed by atoms with Gasteiger partial charge in [0.2, 0.25) is 0 Å². The molecule has 2 N–H and O–H groups in total. The van der Waals surface area contributed by atoms with Crippen molar-refractivity contribution < 1.29 is 14.7 Å². The van der Waals surface area contributed by atoms with E-state index in [-0.39, 0.29) is 5.91 Å². The maximum absolute atomic E-state index is 12.3. The number of fused-ring (bicyclic) bond motifs is 1. The lowest BCUT2D eigenvalue weighted by Crippen LogP contribution is -2.17. The molecule has 2 heterocycles. The Bertz CT molecular complexity index is 1190. The van der Waals surface area contributed by atoms with Gasteiger partial charge in [0, 0.05) is 27.4 Å². The number of carbonyl (C=O) groups excluding carboxylic acids is 1. The zero-order valence-corrected chi connectivity index (χ0v) is 18.7. The van der Waals surface area contributed by atoms with E-state index in [0.717, 1.165) is 58.8 Å². The van der Waals surface area contributed by atoms with Crippen molar-refractivity contribution in [1.82, 2.24) is 9.99 Å². The standard InChI is InChI=1S/C24H25N3O3S/c1-14-8-10-17(11-9-14)22(28)26-25-13-18-12-15(2)27(16(18)3)23-21(24(29)30)19-6-4-5-7-20(19)31-23/h8-13H,4-7H2,1-3H3,(H,26,28)(H,29,30)/b25-13-. The van der Waals surface area contributed by atoms with Crippen molar-refractivity contribution in [2.24, 2.45) is 5.10 Å². The zero-order chi connectivity index (χ0) is 22.1.